The Morgan fingerprint density at radius 1 is 1.23 bits per heavy atom. The van der Waals surface area contributed by atoms with Crippen LogP contribution in [0.15, 0.2) is 42.6 Å². The Labute approximate surface area is 76.5 Å². The van der Waals surface area contributed by atoms with Crippen LogP contribution in [-0.2, 0) is 4.79 Å². The minimum Gasteiger partial charge on any atom is -0.371 e. The molecule has 0 saturated heterocycles. The molecule has 1 aromatic carbocycles. The molecule has 2 N–H and O–H groups in total. The van der Waals surface area contributed by atoms with Crippen LogP contribution in [-0.4, -0.2) is 11.9 Å². The number of para-hydroxylation sites is 1. The van der Waals surface area contributed by atoms with Crippen LogP contribution in [0, 0.1) is 0 Å². The van der Waals surface area contributed by atoms with Gasteiger partial charge in [-0.15, -0.1) is 0 Å². The van der Waals surface area contributed by atoms with Gasteiger partial charge in [-0.05, 0) is 18.2 Å². The first-order valence-corrected chi connectivity index (χ1v) is 4.15. The van der Waals surface area contributed by atoms with Crippen LogP contribution < -0.4 is 10.6 Å². The summed E-state index contributed by atoms with van der Waals surface area (Å²) < 4.78 is 0. The van der Waals surface area contributed by atoms with Crippen LogP contribution in [0.1, 0.15) is 0 Å². The van der Waals surface area contributed by atoms with E-state index in [0.717, 1.165) is 5.69 Å². The molecule has 1 heterocycles. The second-order valence-electron chi connectivity index (χ2n) is 2.86. The van der Waals surface area contributed by atoms with Crippen LogP contribution >= 0.6 is 0 Å². The Balaban J connectivity index is 2.06. The summed E-state index contributed by atoms with van der Waals surface area (Å²) in [5, 5.41) is 5.70. The average Bonchev–Trinajstić information content (AvgIpc) is 2.54. The maximum atomic E-state index is 11.1. The van der Waals surface area contributed by atoms with Gasteiger partial charge in [0.2, 0.25) is 5.91 Å². The molecule has 1 aliphatic heterocycles. The van der Waals surface area contributed by atoms with Crippen molar-refractivity contribution in [3.05, 3.63) is 42.6 Å². The lowest BCUT2D eigenvalue weighted by Gasteiger charge is -2.09. The third-order valence-electron chi connectivity index (χ3n) is 1.89. The van der Waals surface area contributed by atoms with Crippen LogP contribution in [0.2, 0.25) is 0 Å². The zero-order valence-corrected chi connectivity index (χ0v) is 7.03. The lowest BCUT2D eigenvalue weighted by Crippen LogP contribution is -2.30. The zero-order chi connectivity index (χ0) is 9.10. The van der Waals surface area contributed by atoms with E-state index in [4.69, 9.17) is 0 Å². The smallest absolute Gasteiger partial charge is 0.250 e. The maximum Gasteiger partial charge on any atom is 0.250 e. The standard InChI is InChI=1S/C10H10N2O/c13-10-9(6-7-11-10)12-8-4-2-1-3-5-8/h1-7,9,12H,(H,11,13). The van der Waals surface area contributed by atoms with Gasteiger partial charge in [-0.3, -0.25) is 4.79 Å². The number of carbonyl (C=O) groups is 1. The number of rotatable bonds is 2. The molecule has 0 aromatic heterocycles. The minimum absolute atomic E-state index is 0.0103. The third-order valence-corrected chi connectivity index (χ3v) is 1.89. The summed E-state index contributed by atoms with van der Waals surface area (Å²) in [5.41, 5.74) is 0.953. The molecule has 0 aliphatic carbocycles. The fourth-order valence-electron chi connectivity index (χ4n) is 1.23. The van der Waals surface area contributed by atoms with Gasteiger partial charge in [0.15, 0.2) is 0 Å². The van der Waals surface area contributed by atoms with Crippen molar-refractivity contribution in [1.29, 1.82) is 0 Å². The van der Waals surface area contributed by atoms with Gasteiger partial charge in [-0.2, -0.15) is 0 Å². The van der Waals surface area contributed by atoms with Crippen molar-refractivity contribution in [3.63, 3.8) is 0 Å². The van der Waals surface area contributed by atoms with Crippen molar-refractivity contribution in [1.82, 2.24) is 5.32 Å². The first-order chi connectivity index (χ1) is 6.36. The molecule has 3 heteroatoms. The molecular formula is C10H10N2O. The SMILES string of the molecule is O=C1NC=CC1Nc1ccccc1. The third kappa shape index (κ3) is 1.69. The number of anilines is 1. The largest absolute Gasteiger partial charge is 0.371 e. The van der Waals surface area contributed by atoms with E-state index in [2.05, 4.69) is 10.6 Å². The number of hydrogen-bond acceptors (Lipinski definition) is 2. The summed E-state index contributed by atoms with van der Waals surface area (Å²) in [4.78, 5) is 11.1. The van der Waals surface area contributed by atoms with Crippen molar-refractivity contribution in [2.75, 3.05) is 5.32 Å². The van der Waals surface area contributed by atoms with E-state index in [-0.39, 0.29) is 11.9 Å². The molecule has 2 rings (SSSR count). The molecule has 0 bridgehead atoms. The monoisotopic (exact) mass is 174 g/mol. The van der Waals surface area contributed by atoms with Gasteiger partial charge in [0.1, 0.15) is 6.04 Å². The summed E-state index contributed by atoms with van der Waals surface area (Å²) in [5.74, 6) is -0.0103. The molecule has 3 nitrogen and oxygen atoms in total. The summed E-state index contributed by atoms with van der Waals surface area (Å²) in [6.45, 7) is 0. The fraction of sp³-hybridized carbons (Fsp3) is 0.100. The highest BCUT2D eigenvalue weighted by atomic mass is 16.2. The van der Waals surface area contributed by atoms with Crippen LogP contribution in [0.5, 0.6) is 0 Å². The highest BCUT2D eigenvalue weighted by molar-refractivity contribution is 5.89. The predicted octanol–water partition coefficient (Wildman–Crippen LogP) is 1.11. The van der Waals surface area contributed by atoms with Gasteiger partial charge in [0.25, 0.3) is 0 Å². The minimum atomic E-state index is -0.234. The number of benzene rings is 1. The molecule has 1 atom stereocenters. The molecule has 1 amide bonds. The molecule has 1 aliphatic rings. The molecule has 1 unspecified atom stereocenters. The summed E-state index contributed by atoms with van der Waals surface area (Å²) >= 11 is 0. The van der Waals surface area contributed by atoms with E-state index in [0.29, 0.717) is 0 Å². The highest BCUT2D eigenvalue weighted by Gasteiger charge is 2.17. The van der Waals surface area contributed by atoms with Gasteiger partial charge in [0.05, 0.1) is 0 Å². The average molecular weight is 174 g/mol. The lowest BCUT2D eigenvalue weighted by molar-refractivity contribution is -0.119. The van der Waals surface area contributed by atoms with Crippen molar-refractivity contribution in [2.24, 2.45) is 0 Å². The number of carbonyl (C=O) groups excluding carboxylic acids is 1. The topological polar surface area (TPSA) is 41.1 Å². The molecule has 0 saturated carbocycles. The summed E-state index contributed by atoms with van der Waals surface area (Å²) in [7, 11) is 0. The molecule has 13 heavy (non-hydrogen) atoms. The van der Waals surface area contributed by atoms with Crippen molar-refractivity contribution in [3.8, 4) is 0 Å². The van der Waals surface area contributed by atoms with Gasteiger partial charge < -0.3 is 10.6 Å². The molecule has 0 fully saturated rings. The van der Waals surface area contributed by atoms with Gasteiger partial charge in [-0.25, -0.2) is 0 Å². The quantitative estimate of drug-likeness (QED) is 0.705. The second-order valence-corrected chi connectivity index (χ2v) is 2.86. The highest BCUT2D eigenvalue weighted by Crippen LogP contribution is 2.09. The Hall–Kier alpha value is -1.77. The van der Waals surface area contributed by atoms with Crippen molar-refractivity contribution in [2.45, 2.75) is 6.04 Å². The maximum absolute atomic E-state index is 11.1. The van der Waals surface area contributed by atoms with Crippen LogP contribution in [0.3, 0.4) is 0 Å². The molecule has 0 radical (unpaired) electrons. The number of amides is 1. The second kappa shape index (κ2) is 3.31. The Morgan fingerprint density at radius 3 is 2.62 bits per heavy atom. The van der Waals surface area contributed by atoms with Crippen LogP contribution in [0.4, 0.5) is 5.69 Å². The van der Waals surface area contributed by atoms with E-state index >= 15 is 0 Å². The van der Waals surface area contributed by atoms with E-state index in [1.807, 2.05) is 30.3 Å². The lowest BCUT2D eigenvalue weighted by atomic mass is 10.2. The number of hydrogen-bond donors (Lipinski definition) is 2. The Morgan fingerprint density at radius 2 is 2.00 bits per heavy atom. The molecule has 1 aromatic rings. The van der Waals surface area contributed by atoms with E-state index < -0.39 is 0 Å². The molecule has 66 valence electrons. The van der Waals surface area contributed by atoms with E-state index in [9.17, 15) is 4.79 Å². The van der Waals surface area contributed by atoms with Crippen LogP contribution in [0.25, 0.3) is 0 Å². The normalized spacial score (nSPS) is 20.0. The number of nitrogens with one attached hydrogen (secondary N) is 2. The molecular weight excluding hydrogens is 164 g/mol. The van der Waals surface area contributed by atoms with E-state index in [1.165, 1.54) is 0 Å². The van der Waals surface area contributed by atoms with Gasteiger partial charge >= 0.3 is 0 Å². The van der Waals surface area contributed by atoms with Crippen molar-refractivity contribution < 1.29 is 4.79 Å². The first kappa shape index (κ1) is 7.86. The fourth-order valence-corrected chi connectivity index (χ4v) is 1.23. The Bertz CT molecular complexity index is 332. The summed E-state index contributed by atoms with van der Waals surface area (Å²) in [6.07, 6.45) is 3.46. The zero-order valence-electron chi connectivity index (χ0n) is 7.03. The molecule has 0 spiro atoms. The van der Waals surface area contributed by atoms with Gasteiger partial charge in [-0.1, -0.05) is 18.2 Å². The predicted molar refractivity (Wildman–Crippen MR) is 51.1 cm³/mol. The first-order valence-electron chi connectivity index (χ1n) is 4.15. The van der Waals surface area contributed by atoms with E-state index in [1.54, 1.807) is 12.3 Å². The van der Waals surface area contributed by atoms with Crippen molar-refractivity contribution >= 4 is 11.6 Å². The Kier molecular flexibility index (Phi) is 2.00. The summed E-state index contributed by atoms with van der Waals surface area (Å²) in [6, 6.07) is 9.43. The van der Waals surface area contributed by atoms with Gasteiger partial charge in [0, 0.05) is 11.9 Å².